The maximum Gasteiger partial charge on any atom is 0.0589 e. The maximum absolute atomic E-state index is 6.24. The Labute approximate surface area is 119 Å². The third-order valence-corrected chi connectivity index (χ3v) is 3.54. The zero-order valence-electron chi connectivity index (χ0n) is 10.8. The van der Waals surface area contributed by atoms with Gasteiger partial charge in [0.05, 0.1) is 6.61 Å². The minimum atomic E-state index is 0.0925. The predicted octanol–water partition coefficient (Wildman–Crippen LogP) is 2.96. The summed E-state index contributed by atoms with van der Waals surface area (Å²) in [4.78, 5) is 2.25. The van der Waals surface area contributed by atoms with Crippen LogP contribution in [0.4, 0.5) is 0 Å². The van der Waals surface area contributed by atoms with Gasteiger partial charge in [-0.05, 0) is 24.2 Å². The Kier molecular flexibility index (Phi) is 6.97. The highest BCUT2D eigenvalue weighted by Gasteiger charge is 2.19. The summed E-state index contributed by atoms with van der Waals surface area (Å²) in [6.45, 7) is 5.01. The van der Waals surface area contributed by atoms with E-state index in [1.54, 1.807) is 13.2 Å². The third-order valence-electron chi connectivity index (χ3n) is 2.97. The number of nitrogens with two attached hydrogens (primary N) is 1. The molecular weight excluding hydrogens is 271 g/mol. The van der Waals surface area contributed by atoms with E-state index in [9.17, 15) is 0 Å². The molecule has 1 aromatic carbocycles. The lowest BCUT2D eigenvalue weighted by Gasteiger charge is -2.30. The van der Waals surface area contributed by atoms with E-state index in [1.807, 2.05) is 12.1 Å². The molecule has 0 bridgehead atoms. The highest BCUT2D eigenvalue weighted by molar-refractivity contribution is 6.35. The van der Waals surface area contributed by atoms with Crippen LogP contribution < -0.4 is 5.73 Å². The van der Waals surface area contributed by atoms with E-state index in [4.69, 9.17) is 33.7 Å². The molecule has 0 aliphatic carbocycles. The lowest BCUT2D eigenvalue weighted by Crippen LogP contribution is -2.36. The first-order chi connectivity index (χ1) is 8.63. The summed E-state index contributed by atoms with van der Waals surface area (Å²) in [6.07, 6.45) is 0. The Morgan fingerprint density at radius 3 is 2.61 bits per heavy atom. The number of ether oxygens (including phenoxy) is 1. The van der Waals surface area contributed by atoms with E-state index >= 15 is 0 Å². The fourth-order valence-corrected chi connectivity index (χ4v) is 2.52. The lowest BCUT2D eigenvalue weighted by atomic mass is 10.1. The summed E-state index contributed by atoms with van der Waals surface area (Å²) in [5.74, 6) is 0. The van der Waals surface area contributed by atoms with Crippen LogP contribution in [-0.2, 0) is 4.74 Å². The summed E-state index contributed by atoms with van der Waals surface area (Å²) >= 11 is 12.2. The van der Waals surface area contributed by atoms with Gasteiger partial charge in [0.1, 0.15) is 0 Å². The molecule has 1 atom stereocenters. The van der Waals surface area contributed by atoms with Gasteiger partial charge in [-0.3, -0.25) is 4.90 Å². The Bertz CT molecular complexity index is 374. The van der Waals surface area contributed by atoms with E-state index < -0.39 is 0 Å². The first-order valence-corrected chi connectivity index (χ1v) is 6.77. The van der Waals surface area contributed by atoms with Gasteiger partial charge in [0.25, 0.3) is 0 Å². The van der Waals surface area contributed by atoms with Crippen LogP contribution in [-0.4, -0.2) is 38.3 Å². The minimum Gasteiger partial charge on any atom is -0.383 e. The minimum absolute atomic E-state index is 0.0925. The molecule has 1 rings (SSSR count). The highest BCUT2D eigenvalue weighted by Crippen LogP contribution is 2.29. The molecule has 18 heavy (non-hydrogen) atoms. The average molecular weight is 291 g/mol. The molecule has 0 fully saturated rings. The van der Waals surface area contributed by atoms with Gasteiger partial charge in [0, 0.05) is 36.3 Å². The number of likely N-dealkylation sites (N-methyl/N-ethyl adjacent to an activating group) is 1. The molecule has 0 saturated heterocycles. The molecule has 0 heterocycles. The summed E-state index contributed by atoms with van der Waals surface area (Å²) in [6, 6.07) is 5.63. The number of hydrogen-bond acceptors (Lipinski definition) is 3. The number of halogens is 2. The van der Waals surface area contributed by atoms with Crippen molar-refractivity contribution in [3.05, 3.63) is 33.8 Å². The van der Waals surface area contributed by atoms with Crippen LogP contribution in [0.25, 0.3) is 0 Å². The second-order valence-corrected chi connectivity index (χ2v) is 4.88. The normalized spacial score (nSPS) is 13.0. The van der Waals surface area contributed by atoms with Gasteiger partial charge in [0.2, 0.25) is 0 Å². The van der Waals surface area contributed by atoms with Gasteiger partial charge in [-0.15, -0.1) is 0 Å². The summed E-state index contributed by atoms with van der Waals surface area (Å²) in [5.41, 5.74) is 6.90. The fourth-order valence-electron chi connectivity index (χ4n) is 1.99. The summed E-state index contributed by atoms with van der Waals surface area (Å²) in [7, 11) is 1.70. The van der Waals surface area contributed by atoms with Crippen LogP contribution in [0, 0.1) is 0 Å². The van der Waals surface area contributed by atoms with Gasteiger partial charge in [-0.25, -0.2) is 0 Å². The zero-order chi connectivity index (χ0) is 13.5. The Balaban J connectivity index is 2.92. The van der Waals surface area contributed by atoms with Crippen LogP contribution in [0.15, 0.2) is 18.2 Å². The molecule has 1 aromatic rings. The Morgan fingerprint density at radius 2 is 2.11 bits per heavy atom. The number of nitrogens with zero attached hydrogens (tertiary/aromatic N) is 1. The number of rotatable bonds is 7. The highest BCUT2D eigenvalue weighted by atomic mass is 35.5. The molecule has 0 amide bonds. The lowest BCUT2D eigenvalue weighted by molar-refractivity contribution is 0.126. The molecule has 0 aliphatic rings. The first-order valence-electron chi connectivity index (χ1n) is 6.02. The van der Waals surface area contributed by atoms with Gasteiger partial charge >= 0.3 is 0 Å². The van der Waals surface area contributed by atoms with Gasteiger partial charge < -0.3 is 10.5 Å². The predicted molar refractivity (Wildman–Crippen MR) is 77.4 cm³/mol. The van der Waals surface area contributed by atoms with Crippen molar-refractivity contribution < 1.29 is 4.74 Å². The molecule has 0 spiro atoms. The molecule has 0 aliphatic heterocycles. The van der Waals surface area contributed by atoms with E-state index in [1.165, 1.54) is 0 Å². The molecule has 5 heteroatoms. The van der Waals surface area contributed by atoms with Crippen molar-refractivity contribution in [2.75, 3.05) is 33.4 Å². The Hall–Kier alpha value is -0.320. The van der Waals surface area contributed by atoms with E-state index in [2.05, 4.69) is 11.8 Å². The van der Waals surface area contributed by atoms with E-state index in [0.717, 1.165) is 18.7 Å². The smallest absolute Gasteiger partial charge is 0.0589 e. The molecular formula is C13H20Cl2N2O. The fraction of sp³-hybridized carbons (Fsp3) is 0.538. The van der Waals surface area contributed by atoms with Crippen molar-refractivity contribution in [1.29, 1.82) is 0 Å². The SMILES string of the molecule is CCN(CCOC)C(CN)c1ccc(Cl)cc1Cl. The standard InChI is InChI=1S/C13H20Cl2N2O/c1-3-17(6-7-18-2)13(9-16)11-5-4-10(14)8-12(11)15/h4-5,8,13H,3,6-7,9,16H2,1-2H3. The van der Waals surface area contributed by atoms with Gasteiger partial charge in [0.15, 0.2) is 0 Å². The molecule has 3 nitrogen and oxygen atoms in total. The molecule has 1 unspecified atom stereocenters. The van der Waals surface area contributed by atoms with Crippen LogP contribution in [0.5, 0.6) is 0 Å². The first kappa shape index (κ1) is 15.7. The maximum atomic E-state index is 6.24. The van der Waals surface area contributed by atoms with Crippen molar-refractivity contribution in [1.82, 2.24) is 4.90 Å². The number of methoxy groups -OCH3 is 1. The molecule has 0 radical (unpaired) electrons. The van der Waals surface area contributed by atoms with Gasteiger partial charge in [-0.2, -0.15) is 0 Å². The van der Waals surface area contributed by atoms with Crippen LogP contribution in [0.1, 0.15) is 18.5 Å². The van der Waals surface area contributed by atoms with Gasteiger partial charge in [-0.1, -0.05) is 36.2 Å². The number of benzene rings is 1. The molecule has 0 saturated carbocycles. The second kappa shape index (κ2) is 7.97. The van der Waals surface area contributed by atoms with E-state index in [-0.39, 0.29) is 6.04 Å². The van der Waals surface area contributed by atoms with Crippen molar-refractivity contribution in [2.45, 2.75) is 13.0 Å². The number of hydrogen-bond donors (Lipinski definition) is 1. The van der Waals surface area contributed by atoms with Crippen LogP contribution >= 0.6 is 23.2 Å². The van der Waals surface area contributed by atoms with Crippen LogP contribution in [0.2, 0.25) is 10.0 Å². The van der Waals surface area contributed by atoms with Crippen molar-refractivity contribution in [2.24, 2.45) is 5.73 Å². The zero-order valence-corrected chi connectivity index (χ0v) is 12.3. The molecule has 2 N–H and O–H groups in total. The average Bonchev–Trinajstić information content (AvgIpc) is 2.36. The topological polar surface area (TPSA) is 38.5 Å². The summed E-state index contributed by atoms with van der Waals surface area (Å²) in [5, 5.41) is 1.30. The molecule has 0 aromatic heterocycles. The van der Waals surface area contributed by atoms with E-state index in [0.29, 0.717) is 23.2 Å². The van der Waals surface area contributed by atoms with Crippen molar-refractivity contribution >= 4 is 23.2 Å². The second-order valence-electron chi connectivity index (χ2n) is 4.04. The van der Waals surface area contributed by atoms with Crippen LogP contribution in [0.3, 0.4) is 0 Å². The monoisotopic (exact) mass is 290 g/mol. The summed E-state index contributed by atoms with van der Waals surface area (Å²) < 4.78 is 5.12. The largest absolute Gasteiger partial charge is 0.383 e. The van der Waals surface area contributed by atoms with Crippen molar-refractivity contribution in [3.63, 3.8) is 0 Å². The molecule has 102 valence electrons. The van der Waals surface area contributed by atoms with Crippen molar-refractivity contribution in [3.8, 4) is 0 Å². The Morgan fingerprint density at radius 1 is 1.39 bits per heavy atom. The quantitative estimate of drug-likeness (QED) is 0.839. The third kappa shape index (κ3) is 4.11.